The van der Waals surface area contributed by atoms with Crippen LogP contribution in [0.15, 0.2) is 60.7 Å². The predicted molar refractivity (Wildman–Crippen MR) is 93.7 cm³/mol. The zero-order valence-corrected chi connectivity index (χ0v) is 14.3. The number of carbonyl (C=O) groups is 3. The van der Waals surface area contributed by atoms with Gasteiger partial charge in [-0.2, -0.15) is 0 Å². The fourth-order valence-corrected chi connectivity index (χ4v) is 2.69. The molecule has 0 saturated heterocycles. The average molecular weight is 339 g/mol. The lowest BCUT2D eigenvalue weighted by Crippen LogP contribution is -2.53. The van der Waals surface area contributed by atoms with E-state index in [1.54, 1.807) is 55.5 Å². The van der Waals surface area contributed by atoms with E-state index >= 15 is 0 Å². The number of ketones is 1. The Kier molecular flexibility index (Phi) is 6.06. The second-order valence-corrected chi connectivity index (χ2v) is 5.63. The van der Waals surface area contributed by atoms with E-state index in [0.717, 1.165) is 0 Å². The maximum atomic E-state index is 13.0. The van der Waals surface area contributed by atoms with Gasteiger partial charge in [0.05, 0.1) is 13.0 Å². The third kappa shape index (κ3) is 4.12. The first-order chi connectivity index (χ1) is 12.0. The molecule has 0 heterocycles. The Labute approximate surface area is 147 Å². The van der Waals surface area contributed by atoms with Crippen molar-refractivity contribution in [1.29, 1.82) is 0 Å². The Hall–Kier alpha value is -2.95. The van der Waals surface area contributed by atoms with Gasteiger partial charge in [0.2, 0.25) is 5.91 Å². The molecule has 0 saturated carbocycles. The van der Waals surface area contributed by atoms with E-state index in [2.05, 4.69) is 5.32 Å². The molecule has 0 spiro atoms. The van der Waals surface area contributed by atoms with E-state index in [4.69, 9.17) is 4.74 Å². The van der Waals surface area contributed by atoms with Crippen LogP contribution in [0.5, 0.6) is 0 Å². The third-order valence-electron chi connectivity index (χ3n) is 3.73. The van der Waals surface area contributed by atoms with Crippen LogP contribution in [0.3, 0.4) is 0 Å². The lowest BCUT2D eigenvalue weighted by Gasteiger charge is -2.33. The number of amides is 1. The summed E-state index contributed by atoms with van der Waals surface area (Å²) in [6.45, 7) is 3.20. The lowest BCUT2D eigenvalue weighted by atomic mass is 9.82. The van der Waals surface area contributed by atoms with Crippen molar-refractivity contribution in [3.63, 3.8) is 0 Å². The number of nitrogens with one attached hydrogen (secondary N) is 1. The zero-order chi connectivity index (χ0) is 18.3. The molecule has 0 radical (unpaired) electrons. The predicted octanol–water partition coefficient (Wildman–Crippen LogP) is 2.59. The molecule has 0 atom stereocenters. The van der Waals surface area contributed by atoms with E-state index in [1.807, 2.05) is 12.1 Å². The van der Waals surface area contributed by atoms with Gasteiger partial charge in [-0.15, -0.1) is 0 Å². The van der Waals surface area contributed by atoms with E-state index in [-0.39, 0.29) is 18.8 Å². The van der Waals surface area contributed by atoms with Crippen molar-refractivity contribution >= 4 is 17.7 Å². The number of hydrogen-bond donors (Lipinski definition) is 1. The van der Waals surface area contributed by atoms with Crippen LogP contribution in [0, 0.1) is 0 Å². The number of rotatable bonds is 7. The molecule has 2 aromatic carbocycles. The van der Waals surface area contributed by atoms with Crippen LogP contribution in [0.4, 0.5) is 0 Å². The largest absolute Gasteiger partial charge is 0.464 e. The molecule has 130 valence electrons. The standard InChI is InChI=1S/C20H21NO4/c1-3-25-19(24)20(16-10-6-4-7-11-16,17-12-8-5-9-13-17)21-18(23)14-15(2)22/h4-13H,3,14H2,1-2H3,(H,21,23). The van der Waals surface area contributed by atoms with Gasteiger partial charge >= 0.3 is 5.97 Å². The first kappa shape index (κ1) is 18.4. The fraction of sp³-hybridized carbons (Fsp3) is 0.250. The van der Waals surface area contributed by atoms with Crippen LogP contribution in [0.1, 0.15) is 31.4 Å². The van der Waals surface area contributed by atoms with Gasteiger partial charge in [-0.25, -0.2) is 4.79 Å². The summed E-state index contributed by atoms with van der Waals surface area (Å²) in [5, 5.41) is 2.74. The van der Waals surface area contributed by atoms with Crippen molar-refractivity contribution in [2.75, 3.05) is 6.61 Å². The Balaban J connectivity index is 2.63. The topological polar surface area (TPSA) is 72.5 Å². The third-order valence-corrected chi connectivity index (χ3v) is 3.73. The van der Waals surface area contributed by atoms with E-state index in [1.165, 1.54) is 6.92 Å². The molecule has 0 aliphatic carbocycles. The molecule has 0 fully saturated rings. The van der Waals surface area contributed by atoms with Crippen molar-refractivity contribution in [2.45, 2.75) is 25.8 Å². The van der Waals surface area contributed by atoms with Crippen molar-refractivity contribution in [1.82, 2.24) is 5.32 Å². The molecular weight excluding hydrogens is 318 g/mol. The highest BCUT2D eigenvalue weighted by Crippen LogP contribution is 2.31. The van der Waals surface area contributed by atoms with Crippen LogP contribution in [-0.4, -0.2) is 24.3 Å². The molecule has 1 N–H and O–H groups in total. The van der Waals surface area contributed by atoms with Crippen molar-refractivity contribution in [3.05, 3.63) is 71.8 Å². The molecule has 2 aromatic rings. The fourth-order valence-electron chi connectivity index (χ4n) is 2.69. The van der Waals surface area contributed by atoms with Gasteiger partial charge in [0.1, 0.15) is 5.78 Å². The number of ether oxygens (including phenoxy) is 1. The number of hydrogen-bond acceptors (Lipinski definition) is 4. The second-order valence-electron chi connectivity index (χ2n) is 5.63. The molecule has 5 nitrogen and oxygen atoms in total. The quantitative estimate of drug-likeness (QED) is 0.622. The highest BCUT2D eigenvalue weighted by atomic mass is 16.5. The maximum Gasteiger partial charge on any atom is 0.341 e. The van der Waals surface area contributed by atoms with Crippen LogP contribution in [0.25, 0.3) is 0 Å². The smallest absolute Gasteiger partial charge is 0.341 e. The molecule has 0 aliphatic rings. The summed E-state index contributed by atoms with van der Waals surface area (Å²) in [5.74, 6) is -1.41. The maximum absolute atomic E-state index is 13.0. The number of esters is 1. The van der Waals surface area contributed by atoms with Gasteiger partial charge in [0, 0.05) is 0 Å². The van der Waals surface area contributed by atoms with E-state index in [9.17, 15) is 14.4 Å². The minimum atomic E-state index is -1.51. The summed E-state index contributed by atoms with van der Waals surface area (Å²) in [7, 11) is 0. The van der Waals surface area contributed by atoms with Crippen LogP contribution in [-0.2, 0) is 24.7 Å². The van der Waals surface area contributed by atoms with Crippen LogP contribution >= 0.6 is 0 Å². The molecule has 2 rings (SSSR count). The Morgan fingerprint density at radius 1 is 0.920 bits per heavy atom. The first-order valence-electron chi connectivity index (χ1n) is 8.09. The van der Waals surface area contributed by atoms with E-state index < -0.39 is 17.4 Å². The van der Waals surface area contributed by atoms with Crippen molar-refractivity contribution in [2.24, 2.45) is 0 Å². The van der Waals surface area contributed by atoms with Gasteiger partial charge in [-0.05, 0) is 25.0 Å². The molecular formula is C20H21NO4. The van der Waals surface area contributed by atoms with Gasteiger partial charge in [-0.3, -0.25) is 9.59 Å². The number of carbonyl (C=O) groups excluding carboxylic acids is 3. The summed E-state index contributed by atoms with van der Waals surface area (Å²) < 4.78 is 5.28. The monoisotopic (exact) mass is 339 g/mol. The van der Waals surface area contributed by atoms with Crippen molar-refractivity contribution in [3.8, 4) is 0 Å². The van der Waals surface area contributed by atoms with Gasteiger partial charge < -0.3 is 10.1 Å². The van der Waals surface area contributed by atoms with E-state index in [0.29, 0.717) is 11.1 Å². The van der Waals surface area contributed by atoms with Crippen LogP contribution < -0.4 is 5.32 Å². The Morgan fingerprint density at radius 2 is 1.40 bits per heavy atom. The van der Waals surface area contributed by atoms with Gasteiger partial charge in [0.15, 0.2) is 5.54 Å². The Morgan fingerprint density at radius 3 is 1.80 bits per heavy atom. The molecule has 0 unspecified atom stereocenters. The first-order valence-corrected chi connectivity index (χ1v) is 8.09. The van der Waals surface area contributed by atoms with Gasteiger partial charge in [0.25, 0.3) is 0 Å². The van der Waals surface area contributed by atoms with Crippen molar-refractivity contribution < 1.29 is 19.1 Å². The second kappa shape index (κ2) is 8.24. The summed E-state index contributed by atoms with van der Waals surface area (Å²) in [6.07, 6.45) is -0.305. The molecule has 5 heteroatoms. The van der Waals surface area contributed by atoms with Gasteiger partial charge in [-0.1, -0.05) is 60.7 Å². The summed E-state index contributed by atoms with van der Waals surface area (Å²) >= 11 is 0. The molecule has 0 bridgehead atoms. The minimum Gasteiger partial charge on any atom is -0.464 e. The molecule has 0 aliphatic heterocycles. The lowest BCUT2D eigenvalue weighted by molar-refractivity contribution is -0.152. The van der Waals surface area contributed by atoms with Crippen LogP contribution in [0.2, 0.25) is 0 Å². The normalized spacial score (nSPS) is 10.8. The average Bonchev–Trinajstić information content (AvgIpc) is 2.60. The summed E-state index contributed by atoms with van der Waals surface area (Å²) in [5.41, 5.74) is -0.376. The molecule has 0 aromatic heterocycles. The zero-order valence-electron chi connectivity index (χ0n) is 14.3. The highest BCUT2D eigenvalue weighted by Gasteiger charge is 2.45. The Bertz CT molecular complexity index is 701. The minimum absolute atomic E-state index is 0.169. The summed E-state index contributed by atoms with van der Waals surface area (Å²) in [6, 6.07) is 17.8. The molecule has 25 heavy (non-hydrogen) atoms. The molecule has 1 amide bonds. The number of benzene rings is 2. The highest BCUT2D eigenvalue weighted by molar-refractivity contribution is 6.00. The summed E-state index contributed by atoms with van der Waals surface area (Å²) in [4.78, 5) is 36.7. The number of Topliss-reactive ketones (excluding diaryl/α,β-unsaturated/α-hetero) is 1. The SMILES string of the molecule is CCOC(=O)C(NC(=O)CC(C)=O)(c1ccccc1)c1ccccc1.